The van der Waals surface area contributed by atoms with Crippen molar-refractivity contribution in [2.24, 2.45) is 0 Å². The average molecular weight is 259 g/mol. The number of carbonyl (C=O) groups excluding carboxylic acids is 1. The number of aryl methyl sites for hydroxylation is 1. The Balaban J connectivity index is 3.02. The highest BCUT2D eigenvalue weighted by Gasteiger charge is 2.14. The van der Waals surface area contributed by atoms with Crippen molar-refractivity contribution in [1.29, 1.82) is 0 Å². The second-order valence-electron chi connectivity index (χ2n) is 3.36. The summed E-state index contributed by atoms with van der Waals surface area (Å²) in [6.45, 7) is 3.91. The Morgan fingerprint density at radius 2 is 2.19 bits per heavy atom. The Bertz CT molecular complexity index is 391. The third-order valence-corrected chi connectivity index (χ3v) is 3.50. The van der Waals surface area contributed by atoms with Crippen LogP contribution in [0.2, 0.25) is 5.02 Å². The molecule has 0 heterocycles. The molecule has 0 unspecified atom stereocenters. The number of carbonyl (C=O) groups is 1. The summed E-state index contributed by atoms with van der Waals surface area (Å²) in [5.41, 5.74) is 1.48. The molecule has 0 aliphatic carbocycles. The maximum absolute atomic E-state index is 11.9. The van der Waals surface area contributed by atoms with Crippen molar-refractivity contribution in [3.63, 3.8) is 0 Å². The van der Waals surface area contributed by atoms with Crippen LogP contribution in [-0.4, -0.2) is 24.4 Å². The van der Waals surface area contributed by atoms with Crippen LogP contribution in [0.3, 0.4) is 0 Å². The lowest BCUT2D eigenvalue weighted by molar-refractivity contribution is 0.101. The third kappa shape index (κ3) is 3.16. The quantitative estimate of drug-likeness (QED) is 0.755. The Hall–Kier alpha value is -0.670. The van der Waals surface area contributed by atoms with Crippen LogP contribution in [0.4, 0.5) is 0 Å². The van der Waals surface area contributed by atoms with Crippen molar-refractivity contribution in [1.82, 2.24) is 0 Å². The van der Waals surface area contributed by atoms with E-state index in [1.807, 2.05) is 13.8 Å². The Morgan fingerprint density at radius 3 is 2.75 bits per heavy atom. The van der Waals surface area contributed by atoms with Crippen LogP contribution >= 0.6 is 23.4 Å². The molecule has 0 fully saturated rings. The smallest absolute Gasteiger partial charge is 0.176 e. The molecular formula is C12H15ClO2S. The number of benzene rings is 1. The van der Waals surface area contributed by atoms with Crippen molar-refractivity contribution in [2.45, 2.75) is 13.8 Å². The highest BCUT2D eigenvalue weighted by Crippen LogP contribution is 2.27. The molecule has 2 nitrogen and oxygen atoms in total. The lowest BCUT2D eigenvalue weighted by Gasteiger charge is -2.09. The molecule has 0 aliphatic rings. The van der Waals surface area contributed by atoms with Gasteiger partial charge in [0.05, 0.1) is 18.4 Å². The summed E-state index contributed by atoms with van der Waals surface area (Å²) in [6, 6.07) is 3.49. The van der Waals surface area contributed by atoms with E-state index in [1.54, 1.807) is 31.0 Å². The molecular weight excluding hydrogens is 244 g/mol. The van der Waals surface area contributed by atoms with Crippen molar-refractivity contribution in [3.8, 4) is 5.75 Å². The number of ketones is 1. The molecule has 0 radical (unpaired) electrons. The lowest BCUT2D eigenvalue weighted by atomic mass is 10.1. The maximum Gasteiger partial charge on any atom is 0.176 e. The highest BCUT2D eigenvalue weighted by molar-refractivity contribution is 7.99. The van der Waals surface area contributed by atoms with E-state index in [0.29, 0.717) is 22.1 Å². The molecule has 1 rings (SSSR count). The lowest BCUT2D eigenvalue weighted by Crippen LogP contribution is -2.05. The molecule has 0 bridgehead atoms. The summed E-state index contributed by atoms with van der Waals surface area (Å²) in [4.78, 5) is 11.9. The molecule has 4 heteroatoms. The fourth-order valence-electron chi connectivity index (χ4n) is 1.31. The van der Waals surface area contributed by atoms with Gasteiger partial charge in [-0.2, -0.15) is 11.8 Å². The first kappa shape index (κ1) is 13.4. The zero-order valence-electron chi connectivity index (χ0n) is 9.67. The van der Waals surface area contributed by atoms with Gasteiger partial charge in [0, 0.05) is 5.02 Å². The molecule has 0 spiro atoms. The zero-order chi connectivity index (χ0) is 12.1. The molecule has 1 aromatic carbocycles. The van der Waals surface area contributed by atoms with Crippen LogP contribution in [0.1, 0.15) is 22.8 Å². The van der Waals surface area contributed by atoms with E-state index in [0.717, 1.165) is 11.3 Å². The van der Waals surface area contributed by atoms with E-state index in [2.05, 4.69) is 0 Å². The SMILES string of the molecule is CCSCC(=O)c1cc(Cl)c(C)cc1OC. The summed E-state index contributed by atoms with van der Waals surface area (Å²) in [5, 5.41) is 0.602. The molecule has 16 heavy (non-hydrogen) atoms. The van der Waals surface area contributed by atoms with Crippen molar-refractivity contribution in [2.75, 3.05) is 18.6 Å². The Labute approximate surface area is 105 Å². The average Bonchev–Trinajstić information content (AvgIpc) is 2.28. The first-order valence-corrected chi connectivity index (χ1v) is 6.58. The standard InChI is InChI=1S/C12H15ClO2S/c1-4-16-7-11(14)9-6-10(13)8(2)5-12(9)15-3/h5-6H,4,7H2,1-3H3. The van der Waals surface area contributed by atoms with Crippen molar-refractivity contribution in [3.05, 3.63) is 28.3 Å². The number of thioether (sulfide) groups is 1. The van der Waals surface area contributed by atoms with Gasteiger partial charge in [-0.1, -0.05) is 18.5 Å². The highest BCUT2D eigenvalue weighted by atomic mass is 35.5. The van der Waals surface area contributed by atoms with Crippen LogP contribution < -0.4 is 4.74 Å². The van der Waals surface area contributed by atoms with E-state index in [-0.39, 0.29) is 5.78 Å². The van der Waals surface area contributed by atoms with E-state index >= 15 is 0 Å². The number of Topliss-reactive ketones (excluding diaryl/α,β-unsaturated/α-hetero) is 1. The van der Waals surface area contributed by atoms with Gasteiger partial charge < -0.3 is 4.74 Å². The summed E-state index contributed by atoms with van der Waals surface area (Å²) >= 11 is 7.60. The van der Waals surface area contributed by atoms with Crippen LogP contribution in [0.5, 0.6) is 5.75 Å². The monoisotopic (exact) mass is 258 g/mol. The van der Waals surface area contributed by atoms with Gasteiger partial charge >= 0.3 is 0 Å². The minimum Gasteiger partial charge on any atom is -0.496 e. The summed E-state index contributed by atoms with van der Waals surface area (Å²) < 4.78 is 5.19. The second kappa shape index (κ2) is 6.16. The first-order valence-electron chi connectivity index (χ1n) is 5.05. The first-order chi connectivity index (χ1) is 7.60. The Kier molecular flexibility index (Phi) is 5.16. The third-order valence-electron chi connectivity index (χ3n) is 2.22. The maximum atomic E-state index is 11.9. The van der Waals surface area contributed by atoms with Crippen LogP contribution in [0.25, 0.3) is 0 Å². The number of methoxy groups -OCH3 is 1. The second-order valence-corrected chi connectivity index (χ2v) is 5.04. The van der Waals surface area contributed by atoms with Crippen LogP contribution in [0.15, 0.2) is 12.1 Å². The summed E-state index contributed by atoms with van der Waals surface area (Å²) in [7, 11) is 1.56. The summed E-state index contributed by atoms with van der Waals surface area (Å²) in [5.74, 6) is 2.05. The normalized spacial score (nSPS) is 10.2. The topological polar surface area (TPSA) is 26.3 Å². The summed E-state index contributed by atoms with van der Waals surface area (Å²) in [6.07, 6.45) is 0. The molecule has 0 aromatic heterocycles. The largest absolute Gasteiger partial charge is 0.496 e. The fraction of sp³-hybridized carbons (Fsp3) is 0.417. The van der Waals surface area contributed by atoms with Crippen LogP contribution in [0, 0.1) is 6.92 Å². The van der Waals surface area contributed by atoms with E-state index in [4.69, 9.17) is 16.3 Å². The van der Waals surface area contributed by atoms with Crippen molar-refractivity contribution < 1.29 is 9.53 Å². The number of hydrogen-bond acceptors (Lipinski definition) is 3. The van der Waals surface area contributed by atoms with E-state index < -0.39 is 0 Å². The molecule has 0 amide bonds. The molecule has 0 atom stereocenters. The van der Waals surface area contributed by atoms with E-state index in [1.165, 1.54) is 0 Å². The van der Waals surface area contributed by atoms with Gasteiger partial charge in [0.2, 0.25) is 0 Å². The molecule has 0 saturated carbocycles. The van der Waals surface area contributed by atoms with Gasteiger partial charge in [0.25, 0.3) is 0 Å². The van der Waals surface area contributed by atoms with E-state index in [9.17, 15) is 4.79 Å². The van der Waals surface area contributed by atoms with Gasteiger partial charge in [-0.3, -0.25) is 4.79 Å². The predicted molar refractivity (Wildman–Crippen MR) is 70.1 cm³/mol. The zero-order valence-corrected chi connectivity index (χ0v) is 11.2. The molecule has 88 valence electrons. The number of rotatable bonds is 5. The van der Waals surface area contributed by atoms with Gasteiger partial charge in [-0.25, -0.2) is 0 Å². The fourth-order valence-corrected chi connectivity index (χ4v) is 2.02. The van der Waals surface area contributed by atoms with Gasteiger partial charge in [-0.05, 0) is 30.4 Å². The van der Waals surface area contributed by atoms with Gasteiger partial charge in [0.15, 0.2) is 5.78 Å². The molecule has 0 aliphatic heterocycles. The van der Waals surface area contributed by atoms with Gasteiger partial charge in [-0.15, -0.1) is 0 Å². The molecule has 0 saturated heterocycles. The minimum absolute atomic E-state index is 0.0607. The van der Waals surface area contributed by atoms with Gasteiger partial charge in [0.1, 0.15) is 5.75 Å². The van der Waals surface area contributed by atoms with Crippen molar-refractivity contribution >= 4 is 29.1 Å². The molecule has 0 N–H and O–H groups in total. The number of hydrogen-bond donors (Lipinski definition) is 0. The Morgan fingerprint density at radius 1 is 1.50 bits per heavy atom. The number of ether oxygens (including phenoxy) is 1. The van der Waals surface area contributed by atoms with Crippen LogP contribution in [-0.2, 0) is 0 Å². The molecule has 1 aromatic rings. The minimum atomic E-state index is 0.0607. The predicted octanol–water partition coefficient (Wildman–Crippen LogP) is 3.59. The number of halogens is 1.